The van der Waals surface area contributed by atoms with Crippen LogP contribution in [0, 0.1) is 34.5 Å². The van der Waals surface area contributed by atoms with Crippen molar-refractivity contribution in [2.45, 2.75) is 230 Å². The Morgan fingerprint density at radius 3 is 1.68 bits per heavy atom. The quantitative estimate of drug-likeness (QED) is 0.0127. The van der Waals surface area contributed by atoms with Crippen LogP contribution in [0.15, 0.2) is 66.7 Å². The van der Waals surface area contributed by atoms with Crippen molar-refractivity contribution in [3.63, 3.8) is 0 Å². The van der Waals surface area contributed by atoms with Gasteiger partial charge in [0, 0.05) is 44.9 Å². The Bertz CT molecular complexity index is 4030. The van der Waals surface area contributed by atoms with Gasteiger partial charge in [-0.3, -0.25) is 87.5 Å². The molecule has 0 saturated heterocycles. The average molecular weight is 1760 g/mol. The van der Waals surface area contributed by atoms with Crippen molar-refractivity contribution in [2.75, 3.05) is 45.9 Å². The number of amides is 15. The molecule has 1 aliphatic heterocycles. The van der Waals surface area contributed by atoms with Gasteiger partial charge in [0.1, 0.15) is 72.2 Å². The number of benzene rings is 2. The first-order chi connectivity index (χ1) is 59.0. The predicted molar refractivity (Wildman–Crippen MR) is 453 cm³/mol. The summed E-state index contributed by atoms with van der Waals surface area (Å²) in [6, 6.07) is -7.33. The van der Waals surface area contributed by atoms with Crippen LogP contribution in [0.25, 0.3) is 0 Å². The number of rotatable bonds is 44. The number of carbonyl (C=O) groups excluding carboxylic acids is 15. The Balaban J connectivity index is 2.21. The number of aromatic hydroxyl groups is 1. The molecule has 45 heteroatoms. The second-order valence-corrected chi connectivity index (χ2v) is 31.4. The molecule has 694 valence electrons. The Morgan fingerprint density at radius 2 is 1.10 bits per heavy atom. The molecule has 0 saturated carbocycles. The molecule has 2 aromatic rings. The first-order valence-corrected chi connectivity index (χ1v) is 41.2. The summed E-state index contributed by atoms with van der Waals surface area (Å²) in [4.78, 5) is 236. The van der Waals surface area contributed by atoms with Crippen LogP contribution in [0.5, 0.6) is 5.75 Å². The minimum atomic E-state index is -1.92. The van der Waals surface area contributed by atoms with Crippen LogP contribution in [0.4, 0.5) is 0 Å². The fourth-order valence-electron chi connectivity index (χ4n) is 12.6. The van der Waals surface area contributed by atoms with Crippen LogP contribution >= 0.6 is 0 Å². The van der Waals surface area contributed by atoms with Gasteiger partial charge in [0.15, 0.2) is 11.9 Å². The maximum Gasteiger partial charge on any atom is 0.326 e. The summed E-state index contributed by atoms with van der Waals surface area (Å²) in [7, 11) is 0. The summed E-state index contributed by atoms with van der Waals surface area (Å²) < 4.78 is 0. The summed E-state index contributed by atoms with van der Waals surface area (Å²) in [5.74, 6) is -21.3. The van der Waals surface area contributed by atoms with Gasteiger partial charge in [-0.15, -0.1) is 0 Å². The minimum Gasteiger partial charge on any atom is -0.508 e. The number of carboxylic acids is 2. The van der Waals surface area contributed by atoms with Crippen molar-refractivity contribution in [1.29, 1.82) is 10.8 Å². The second-order valence-electron chi connectivity index (χ2n) is 31.4. The van der Waals surface area contributed by atoms with Gasteiger partial charge in [-0.1, -0.05) is 116 Å². The molecule has 0 radical (unpaired) electrons. The van der Waals surface area contributed by atoms with Gasteiger partial charge < -0.3 is 139 Å². The number of phenols is 1. The van der Waals surface area contributed by atoms with Gasteiger partial charge in [0.05, 0.1) is 38.4 Å². The molecule has 0 aromatic heterocycles. The number of aliphatic hydroxyl groups is 2. The third-order valence-electron chi connectivity index (χ3n) is 19.8. The maximum atomic E-state index is 15.1. The Hall–Kier alpha value is -12.6. The number of carbonyl (C=O) groups is 17. The number of hydrogen-bond acceptors (Lipinski definition) is 24. The molecule has 45 nitrogen and oxygen atoms in total. The van der Waals surface area contributed by atoms with E-state index in [0.717, 1.165) is 0 Å². The van der Waals surface area contributed by atoms with Crippen LogP contribution in [-0.2, 0) is 94.3 Å². The average Bonchev–Trinajstić information content (AvgIpc) is 0.856. The molecule has 15 amide bonds. The highest BCUT2D eigenvalue weighted by Gasteiger charge is 2.39. The molecule has 125 heavy (non-hydrogen) atoms. The lowest BCUT2D eigenvalue weighted by molar-refractivity contribution is -0.142. The molecule has 0 spiro atoms. The zero-order valence-corrected chi connectivity index (χ0v) is 71.6. The van der Waals surface area contributed by atoms with Gasteiger partial charge in [0.2, 0.25) is 88.6 Å². The Kier molecular flexibility index (Phi) is 47.3. The van der Waals surface area contributed by atoms with Crippen LogP contribution in [0.2, 0.25) is 0 Å². The molecule has 2 unspecified atom stereocenters. The van der Waals surface area contributed by atoms with Gasteiger partial charge in [-0.05, 0) is 111 Å². The van der Waals surface area contributed by atoms with Crippen LogP contribution < -0.4 is 113 Å². The monoisotopic (exact) mass is 1760 g/mol. The first-order valence-electron chi connectivity index (χ1n) is 41.2. The summed E-state index contributed by atoms with van der Waals surface area (Å²) in [6.45, 7) is 8.33. The Labute approximate surface area is 723 Å². The van der Waals surface area contributed by atoms with Crippen molar-refractivity contribution < 1.29 is 107 Å². The van der Waals surface area contributed by atoms with Crippen molar-refractivity contribution in [2.24, 2.45) is 46.6 Å². The molecule has 2 aromatic carbocycles. The normalized spacial score (nSPS) is 20.0. The Morgan fingerprint density at radius 1 is 0.544 bits per heavy atom. The summed E-state index contributed by atoms with van der Waals surface area (Å²) in [5, 5.41) is 109. The smallest absolute Gasteiger partial charge is 0.326 e. The van der Waals surface area contributed by atoms with Crippen molar-refractivity contribution >= 4 is 112 Å². The highest BCUT2D eigenvalue weighted by molar-refractivity contribution is 6.00. The van der Waals surface area contributed by atoms with E-state index >= 15 is 4.79 Å². The fourth-order valence-corrected chi connectivity index (χ4v) is 12.6. The van der Waals surface area contributed by atoms with E-state index in [4.69, 9.17) is 33.8 Å². The number of nitrogens with two attached hydrogens (primary N) is 4. The molecular formula is C80H127N23O22. The third-order valence-corrected chi connectivity index (χ3v) is 19.8. The first kappa shape index (κ1) is 107. The van der Waals surface area contributed by atoms with E-state index in [1.807, 2.05) is 0 Å². The van der Waals surface area contributed by atoms with E-state index in [1.54, 1.807) is 84.0 Å². The minimum absolute atomic E-state index is 0.00649. The topological polar surface area (TPSA) is 748 Å². The zero-order valence-electron chi connectivity index (χ0n) is 71.6. The maximum absolute atomic E-state index is 15.1. The van der Waals surface area contributed by atoms with E-state index in [9.17, 15) is 102 Å². The highest BCUT2D eigenvalue weighted by Crippen LogP contribution is 2.17. The van der Waals surface area contributed by atoms with Crippen LogP contribution in [-0.4, -0.2) is 269 Å². The summed E-state index contributed by atoms with van der Waals surface area (Å²) >= 11 is 0. The zero-order chi connectivity index (χ0) is 93.7. The molecule has 32 N–H and O–H groups in total. The number of nitrogens with one attached hydrogen (secondary N) is 19. The van der Waals surface area contributed by atoms with E-state index in [0.29, 0.717) is 11.1 Å². The number of phenolic OH excluding ortho intramolecular Hbond substituents is 1. The SMILES string of the molecule is CCC(C)[C@@H](NC(=O)[C@@H](CCCNC(=N)N)NC(=O)[C@@H](CC(C)C)NC(=O)[C@@H](N)Cc1ccc(O)cc1)C(=O)N[C@@H](C(=O)N[C@H](CCC(N)=O)CN[C@@H]1C/C=C/C[C@@H](C(=O)NCC(=O)N[C@@H](Cc2ccccc2)C(=O)O)NC(=O)C(CO)NC(=O)CNC(=O)[C@H](CCC(=O)O)NC(=O)[C@@H](C(C)C)NC(=O)[C@@H](CO)NC(=O)[C@@H](CCCNC(=N)N)NC1=O)C(C)C. The standard InChI is InChI=1S/C80H127N23O22/c1-9-44(8)65(103-71(117)53(22-16-32-88-80(85)86)97-72(118)55(33-41(2)3)99-66(112)49(81)34-46-23-26-48(106)27-24-46)77(123)102-63(42(4)5)75(121)92-47(25-29-59(82)107)36-89-50-19-13-14-20-51(67(113)90-37-60(108)93-56(78(124)125)35-45-17-11-10-12-18-45)95-73(119)57(39-104)94-61(109)38-91-68(114)54(28-30-62(110)111)98-76(122)64(43(6)7)101-74(120)58(40-105)100-70(116)52(96-69(50)115)21-15-31-87-79(83)84/h10-14,17-18,23-24,26-27,41-44,47,49-58,63-65,89,104-106H,9,15-16,19-22,25,28-40,81H2,1-8H3,(H2,82,107)(H,90,113)(H,91,114)(H,92,121)(H,93,108)(H,94,109)(H,95,119)(H,96,115)(H,97,118)(H,98,122)(H,99,112)(H,100,116)(H,101,120)(H,102,123)(H,103,117)(H,110,111)(H,124,125)(H4,83,84,87)(H4,85,86,88)/b14-13+/t44?,47-,49+,50-,51+,52-,53-,54+,55-,56+,57?,58-,63-,64-,65-/m1/s1. The number of aliphatic hydroxyl groups excluding tert-OH is 2. The van der Waals surface area contributed by atoms with Crippen LogP contribution in [0.3, 0.4) is 0 Å². The predicted octanol–water partition coefficient (Wildman–Crippen LogP) is -7.01. The van der Waals surface area contributed by atoms with Gasteiger partial charge in [-0.25, -0.2) is 4.79 Å². The summed E-state index contributed by atoms with van der Waals surface area (Å²) in [5.41, 5.74) is 24.2. The van der Waals surface area contributed by atoms with Gasteiger partial charge >= 0.3 is 11.9 Å². The van der Waals surface area contributed by atoms with Crippen molar-refractivity contribution in [3.8, 4) is 5.75 Å². The number of primary amides is 1. The molecule has 1 aliphatic rings. The molecule has 0 aliphatic carbocycles. The van der Waals surface area contributed by atoms with Crippen LogP contribution in [0.1, 0.15) is 144 Å². The van der Waals surface area contributed by atoms with E-state index in [1.165, 1.54) is 38.1 Å². The molecule has 15 atom stereocenters. The molecule has 3 rings (SSSR count). The summed E-state index contributed by atoms with van der Waals surface area (Å²) in [6.07, 6.45) is -0.653. The number of guanidine groups is 2. The number of aliphatic carboxylic acids is 2. The fraction of sp³-hybridized carbons (Fsp3) is 0.588. The van der Waals surface area contributed by atoms with Crippen molar-refractivity contribution in [3.05, 3.63) is 77.9 Å². The largest absolute Gasteiger partial charge is 0.508 e. The van der Waals surface area contributed by atoms with E-state index in [2.05, 4.69) is 90.4 Å². The van der Waals surface area contributed by atoms with Crippen molar-refractivity contribution in [1.82, 2.24) is 90.4 Å². The highest BCUT2D eigenvalue weighted by atomic mass is 16.4. The van der Waals surface area contributed by atoms with E-state index in [-0.39, 0.29) is 88.5 Å². The molecule has 0 fully saturated rings. The number of carboxylic acid groups (broad SMARTS) is 2. The lowest BCUT2D eigenvalue weighted by Crippen LogP contribution is -2.61. The lowest BCUT2D eigenvalue weighted by Gasteiger charge is -2.31. The molecule has 0 bridgehead atoms. The van der Waals surface area contributed by atoms with Gasteiger partial charge in [-0.2, -0.15) is 0 Å². The van der Waals surface area contributed by atoms with E-state index < -0.39 is 274 Å². The lowest BCUT2D eigenvalue weighted by atomic mass is 9.95. The van der Waals surface area contributed by atoms with Gasteiger partial charge in [0.25, 0.3) is 0 Å². The second kappa shape index (κ2) is 55.5. The third kappa shape index (κ3) is 40.5. The molecular weight excluding hydrogens is 1640 g/mol. The number of hydrogen-bond donors (Lipinski definition) is 28. The molecule has 1 heterocycles.